The van der Waals surface area contributed by atoms with Gasteiger partial charge in [-0.05, 0) is 68.3 Å². The number of anilines is 1. The molecule has 1 aliphatic rings. The molecule has 0 radical (unpaired) electrons. The number of aromatic nitrogens is 2. The fourth-order valence-corrected chi connectivity index (χ4v) is 3.83. The number of methoxy groups -OCH3 is 1. The minimum atomic E-state index is -0.308. The van der Waals surface area contributed by atoms with E-state index < -0.39 is 0 Å². The molecular weight excluding hydrogens is 399 g/mol. The molecular formula is C23H25FN4O3. The van der Waals surface area contributed by atoms with Crippen molar-refractivity contribution in [3.8, 4) is 17.1 Å². The summed E-state index contributed by atoms with van der Waals surface area (Å²) < 4.78 is 24.0. The third-order valence-corrected chi connectivity index (χ3v) is 5.40. The molecule has 1 aliphatic heterocycles. The summed E-state index contributed by atoms with van der Waals surface area (Å²) in [6, 6.07) is 11.7. The Kier molecular flexibility index (Phi) is 6.27. The van der Waals surface area contributed by atoms with Crippen LogP contribution < -0.4 is 10.1 Å². The van der Waals surface area contributed by atoms with Crippen molar-refractivity contribution in [2.24, 2.45) is 0 Å². The second-order valence-electron chi connectivity index (χ2n) is 7.79. The average Bonchev–Trinajstić information content (AvgIpc) is 3.25. The van der Waals surface area contributed by atoms with Gasteiger partial charge in [0.15, 0.2) is 0 Å². The third-order valence-electron chi connectivity index (χ3n) is 5.40. The Morgan fingerprint density at radius 3 is 2.87 bits per heavy atom. The van der Waals surface area contributed by atoms with Crippen LogP contribution in [-0.2, 0) is 4.79 Å². The summed E-state index contributed by atoms with van der Waals surface area (Å²) in [4.78, 5) is 19.2. The van der Waals surface area contributed by atoms with Crippen molar-refractivity contribution >= 4 is 11.6 Å². The first-order valence-electron chi connectivity index (χ1n) is 10.3. The number of nitrogens with one attached hydrogen (secondary N) is 1. The lowest BCUT2D eigenvalue weighted by molar-refractivity contribution is -0.117. The zero-order chi connectivity index (χ0) is 21.8. The van der Waals surface area contributed by atoms with Crippen molar-refractivity contribution in [2.75, 3.05) is 32.1 Å². The Balaban J connectivity index is 1.38. The highest BCUT2D eigenvalue weighted by atomic mass is 19.1. The number of carbonyl (C=O) groups is 1. The van der Waals surface area contributed by atoms with E-state index in [1.807, 2.05) is 25.1 Å². The molecule has 2 heterocycles. The number of piperidine rings is 1. The molecule has 2 aromatic carbocycles. The molecule has 1 unspecified atom stereocenters. The molecule has 7 nitrogen and oxygen atoms in total. The highest BCUT2D eigenvalue weighted by Gasteiger charge is 2.27. The topological polar surface area (TPSA) is 80.5 Å². The lowest BCUT2D eigenvalue weighted by atomic mass is 9.98. The van der Waals surface area contributed by atoms with E-state index >= 15 is 0 Å². The SMILES string of the molecule is COc1ccc(C)cc1NC(=O)CN1CCCC(c2nc(-c3ccc(F)cc3)no2)C1. The molecule has 1 amide bonds. The first kappa shape index (κ1) is 21.0. The Labute approximate surface area is 180 Å². The highest BCUT2D eigenvalue weighted by Crippen LogP contribution is 2.28. The van der Waals surface area contributed by atoms with Gasteiger partial charge in [-0.1, -0.05) is 11.2 Å². The summed E-state index contributed by atoms with van der Waals surface area (Å²) in [6.45, 7) is 3.72. The van der Waals surface area contributed by atoms with Gasteiger partial charge in [0, 0.05) is 12.1 Å². The van der Waals surface area contributed by atoms with E-state index in [-0.39, 0.29) is 24.2 Å². The van der Waals surface area contributed by atoms with Gasteiger partial charge < -0.3 is 14.6 Å². The number of carbonyl (C=O) groups excluding carboxylic acids is 1. The van der Waals surface area contributed by atoms with Gasteiger partial charge in [0.05, 0.1) is 25.3 Å². The number of hydrogen-bond acceptors (Lipinski definition) is 6. The summed E-state index contributed by atoms with van der Waals surface area (Å²) in [7, 11) is 1.58. The number of aryl methyl sites for hydroxylation is 1. The summed E-state index contributed by atoms with van der Waals surface area (Å²) in [6.07, 6.45) is 1.84. The van der Waals surface area contributed by atoms with E-state index in [0.29, 0.717) is 35.3 Å². The van der Waals surface area contributed by atoms with Gasteiger partial charge in [-0.3, -0.25) is 9.69 Å². The van der Waals surface area contributed by atoms with Crippen LogP contribution in [0.2, 0.25) is 0 Å². The number of benzene rings is 2. The van der Waals surface area contributed by atoms with Crippen LogP contribution in [0.3, 0.4) is 0 Å². The van der Waals surface area contributed by atoms with E-state index in [1.54, 1.807) is 19.2 Å². The number of amides is 1. The fraction of sp³-hybridized carbons (Fsp3) is 0.348. The van der Waals surface area contributed by atoms with E-state index in [4.69, 9.17) is 9.26 Å². The normalized spacial score (nSPS) is 16.8. The Bertz CT molecular complexity index is 1050. The maximum atomic E-state index is 13.1. The lowest BCUT2D eigenvalue weighted by Gasteiger charge is -2.30. The van der Waals surface area contributed by atoms with Crippen LogP contribution in [0.15, 0.2) is 47.0 Å². The maximum absolute atomic E-state index is 13.1. The average molecular weight is 424 g/mol. The first-order chi connectivity index (χ1) is 15.0. The molecule has 1 fully saturated rings. The smallest absolute Gasteiger partial charge is 0.238 e. The van der Waals surface area contributed by atoms with Crippen LogP contribution in [0.5, 0.6) is 5.75 Å². The van der Waals surface area contributed by atoms with Crippen LogP contribution in [0.25, 0.3) is 11.4 Å². The van der Waals surface area contributed by atoms with Gasteiger partial charge in [0.2, 0.25) is 17.6 Å². The highest BCUT2D eigenvalue weighted by molar-refractivity contribution is 5.93. The fourth-order valence-electron chi connectivity index (χ4n) is 3.83. The molecule has 0 spiro atoms. The summed E-state index contributed by atoms with van der Waals surface area (Å²) in [5, 5.41) is 6.99. The minimum absolute atomic E-state index is 0.0526. The van der Waals surface area contributed by atoms with Crippen molar-refractivity contribution in [1.29, 1.82) is 0 Å². The molecule has 0 saturated carbocycles. The second-order valence-corrected chi connectivity index (χ2v) is 7.79. The molecule has 1 atom stereocenters. The van der Waals surface area contributed by atoms with E-state index in [1.165, 1.54) is 12.1 Å². The van der Waals surface area contributed by atoms with Crippen molar-refractivity contribution in [3.63, 3.8) is 0 Å². The molecule has 1 N–H and O–H groups in total. The molecule has 8 heteroatoms. The maximum Gasteiger partial charge on any atom is 0.238 e. The van der Waals surface area contributed by atoms with E-state index in [2.05, 4.69) is 20.4 Å². The van der Waals surface area contributed by atoms with Crippen molar-refractivity contribution in [3.05, 3.63) is 59.7 Å². The van der Waals surface area contributed by atoms with Gasteiger partial charge >= 0.3 is 0 Å². The molecule has 3 aromatic rings. The van der Waals surface area contributed by atoms with Crippen LogP contribution in [0, 0.1) is 12.7 Å². The molecule has 162 valence electrons. The van der Waals surface area contributed by atoms with Crippen LogP contribution in [-0.4, -0.2) is 47.7 Å². The van der Waals surface area contributed by atoms with Gasteiger partial charge in [0.25, 0.3) is 0 Å². The second kappa shape index (κ2) is 9.26. The van der Waals surface area contributed by atoms with Crippen LogP contribution >= 0.6 is 0 Å². The van der Waals surface area contributed by atoms with Crippen LogP contribution in [0.1, 0.15) is 30.2 Å². The Morgan fingerprint density at radius 2 is 2.10 bits per heavy atom. The molecule has 0 bridgehead atoms. The predicted molar refractivity (Wildman–Crippen MR) is 114 cm³/mol. The Hall–Kier alpha value is -3.26. The monoisotopic (exact) mass is 424 g/mol. The van der Waals surface area contributed by atoms with E-state index in [9.17, 15) is 9.18 Å². The summed E-state index contributed by atoms with van der Waals surface area (Å²) in [5.41, 5.74) is 2.42. The molecule has 1 saturated heterocycles. The molecule has 31 heavy (non-hydrogen) atoms. The largest absolute Gasteiger partial charge is 0.495 e. The zero-order valence-electron chi connectivity index (χ0n) is 17.6. The predicted octanol–water partition coefficient (Wildman–Crippen LogP) is 4.01. The number of halogens is 1. The molecule has 1 aromatic heterocycles. The van der Waals surface area contributed by atoms with Crippen molar-refractivity contribution in [2.45, 2.75) is 25.7 Å². The quantitative estimate of drug-likeness (QED) is 0.644. The third kappa shape index (κ3) is 5.08. The van der Waals surface area contributed by atoms with E-state index in [0.717, 1.165) is 24.9 Å². The summed E-state index contributed by atoms with van der Waals surface area (Å²) in [5.74, 6) is 1.27. The number of likely N-dealkylation sites (tertiary alicyclic amines) is 1. The van der Waals surface area contributed by atoms with Gasteiger partial charge in [-0.15, -0.1) is 0 Å². The number of ether oxygens (including phenoxy) is 1. The Morgan fingerprint density at radius 1 is 1.29 bits per heavy atom. The van der Waals surface area contributed by atoms with Gasteiger partial charge in [-0.25, -0.2) is 4.39 Å². The summed E-state index contributed by atoms with van der Waals surface area (Å²) >= 11 is 0. The number of hydrogen-bond donors (Lipinski definition) is 1. The number of rotatable bonds is 6. The molecule has 4 rings (SSSR count). The van der Waals surface area contributed by atoms with Crippen LogP contribution in [0.4, 0.5) is 10.1 Å². The number of nitrogens with zero attached hydrogens (tertiary/aromatic N) is 3. The standard InChI is InChI=1S/C23H25FN4O3/c1-15-5-10-20(30-2)19(12-15)25-21(29)14-28-11-3-4-17(13-28)23-26-22(27-31-23)16-6-8-18(24)9-7-16/h5-10,12,17H,3-4,11,13-14H2,1-2H3,(H,25,29). The van der Waals surface area contributed by atoms with Crippen molar-refractivity contribution in [1.82, 2.24) is 15.0 Å². The molecule has 0 aliphatic carbocycles. The zero-order valence-corrected chi connectivity index (χ0v) is 17.6. The minimum Gasteiger partial charge on any atom is -0.495 e. The van der Waals surface area contributed by atoms with Gasteiger partial charge in [0.1, 0.15) is 11.6 Å². The lowest BCUT2D eigenvalue weighted by Crippen LogP contribution is -2.39. The van der Waals surface area contributed by atoms with Gasteiger partial charge in [-0.2, -0.15) is 4.98 Å². The first-order valence-corrected chi connectivity index (χ1v) is 10.3. The van der Waals surface area contributed by atoms with Crippen molar-refractivity contribution < 1.29 is 18.4 Å².